The molecule has 0 aliphatic carbocycles. The van der Waals surface area contributed by atoms with Crippen molar-refractivity contribution >= 4 is 5.91 Å². The molecule has 3 rings (SSSR count). The molecule has 138 valence electrons. The van der Waals surface area contributed by atoms with Gasteiger partial charge in [-0.15, -0.1) is 0 Å². The highest BCUT2D eigenvalue weighted by Gasteiger charge is 2.33. The van der Waals surface area contributed by atoms with Crippen molar-refractivity contribution in [3.63, 3.8) is 0 Å². The zero-order valence-corrected chi connectivity index (χ0v) is 14.8. The van der Waals surface area contributed by atoms with Gasteiger partial charge in [-0.3, -0.25) is 4.79 Å². The maximum Gasteiger partial charge on any atom is 0.227 e. The highest BCUT2D eigenvalue weighted by Crippen LogP contribution is 2.24. The Kier molecular flexibility index (Phi) is 6.26. The maximum absolute atomic E-state index is 13.7. The number of para-hydroxylation sites is 1. The zero-order chi connectivity index (χ0) is 17.6. The Morgan fingerprint density at radius 1 is 1.20 bits per heavy atom. The second-order valence-corrected chi connectivity index (χ2v) is 6.85. The molecular formula is C19H27FN2O3. The van der Waals surface area contributed by atoms with Crippen molar-refractivity contribution in [3.05, 3.63) is 30.1 Å². The van der Waals surface area contributed by atoms with Crippen molar-refractivity contribution in [2.45, 2.75) is 25.4 Å². The first-order chi connectivity index (χ1) is 12.2. The summed E-state index contributed by atoms with van der Waals surface area (Å²) < 4.78 is 24.5. The van der Waals surface area contributed by atoms with Crippen LogP contribution >= 0.6 is 0 Å². The van der Waals surface area contributed by atoms with E-state index in [1.54, 1.807) is 25.3 Å². The third-order valence-corrected chi connectivity index (χ3v) is 5.12. The van der Waals surface area contributed by atoms with E-state index < -0.39 is 0 Å². The monoisotopic (exact) mass is 350 g/mol. The van der Waals surface area contributed by atoms with Crippen LogP contribution in [0.3, 0.4) is 0 Å². The number of hydrogen-bond donors (Lipinski definition) is 0. The lowest BCUT2D eigenvalue weighted by atomic mass is 10.0. The first-order valence-electron chi connectivity index (χ1n) is 9.08. The van der Waals surface area contributed by atoms with E-state index in [1.807, 2.05) is 4.90 Å². The average molecular weight is 350 g/mol. The summed E-state index contributed by atoms with van der Waals surface area (Å²) in [7, 11) is 1.70. The van der Waals surface area contributed by atoms with Gasteiger partial charge in [0.2, 0.25) is 5.91 Å². The second kappa shape index (κ2) is 8.63. The van der Waals surface area contributed by atoms with Crippen LogP contribution in [0.4, 0.5) is 4.39 Å². The minimum absolute atomic E-state index is 0.0253. The zero-order valence-electron chi connectivity index (χ0n) is 14.8. The number of methoxy groups -OCH3 is 1. The van der Waals surface area contributed by atoms with E-state index in [9.17, 15) is 9.18 Å². The molecule has 2 heterocycles. The molecule has 0 bridgehead atoms. The number of benzene rings is 1. The molecule has 0 saturated carbocycles. The Morgan fingerprint density at radius 2 is 1.96 bits per heavy atom. The number of amides is 1. The first kappa shape index (κ1) is 18.1. The molecule has 5 nitrogen and oxygen atoms in total. The van der Waals surface area contributed by atoms with Gasteiger partial charge in [0, 0.05) is 46.1 Å². The molecule has 2 saturated heterocycles. The van der Waals surface area contributed by atoms with Crippen LogP contribution in [0.2, 0.25) is 0 Å². The summed E-state index contributed by atoms with van der Waals surface area (Å²) in [4.78, 5) is 16.9. The van der Waals surface area contributed by atoms with Gasteiger partial charge in [0.25, 0.3) is 0 Å². The number of carbonyl (C=O) groups excluding carboxylic acids is 1. The summed E-state index contributed by atoms with van der Waals surface area (Å²) in [5.74, 6) is 0.324. The fourth-order valence-electron chi connectivity index (χ4n) is 3.63. The van der Waals surface area contributed by atoms with Crippen molar-refractivity contribution in [2.24, 2.45) is 5.92 Å². The third kappa shape index (κ3) is 4.70. The molecule has 2 aliphatic heterocycles. The molecule has 1 atom stereocenters. The number of rotatable bonds is 6. The van der Waals surface area contributed by atoms with Gasteiger partial charge in [0.05, 0.1) is 12.5 Å². The molecule has 0 N–H and O–H groups in total. The largest absolute Gasteiger partial charge is 0.487 e. The van der Waals surface area contributed by atoms with Crippen molar-refractivity contribution < 1.29 is 18.7 Å². The van der Waals surface area contributed by atoms with Crippen LogP contribution in [0.15, 0.2) is 24.3 Å². The first-order valence-corrected chi connectivity index (χ1v) is 9.08. The van der Waals surface area contributed by atoms with Crippen LogP contribution in [0.25, 0.3) is 0 Å². The number of carbonyl (C=O) groups is 1. The van der Waals surface area contributed by atoms with E-state index in [-0.39, 0.29) is 23.7 Å². The molecule has 1 aromatic carbocycles. The molecule has 6 heteroatoms. The summed E-state index contributed by atoms with van der Waals surface area (Å²) in [6.45, 7) is 4.76. The molecule has 1 aromatic rings. The molecule has 25 heavy (non-hydrogen) atoms. The summed E-state index contributed by atoms with van der Waals surface area (Å²) in [5.41, 5.74) is 0. The van der Waals surface area contributed by atoms with E-state index in [0.717, 1.165) is 38.9 Å². The molecule has 0 spiro atoms. The van der Waals surface area contributed by atoms with E-state index in [4.69, 9.17) is 9.47 Å². The van der Waals surface area contributed by atoms with Gasteiger partial charge in [-0.2, -0.15) is 0 Å². The van der Waals surface area contributed by atoms with E-state index >= 15 is 0 Å². The number of ether oxygens (including phenoxy) is 2. The summed E-state index contributed by atoms with van der Waals surface area (Å²) in [5, 5.41) is 0. The molecule has 0 aromatic heterocycles. The third-order valence-electron chi connectivity index (χ3n) is 5.12. The van der Waals surface area contributed by atoms with Gasteiger partial charge in [0.1, 0.15) is 6.10 Å². The van der Waals surface area contributed by atoms with Gasteiger partial charge < -0.3 is 19.3 Å². The minimum Gasteiger partial charge on any atom is -0.487 e. The lowest BCUT2D eigenvalue weighted by Crippen LogP contribution is -2.45. The molecule has 1 amide bonds. The second-order valence-electron chi connectivity index (χ2n) is 6.85. The molecule has 2 fully saturated rings. The number of hydrogen-bond acceptors (Lipinski definition) is 4. The number of piperidine rings is 1. The van der Waals surface area contributed by atoms with Crippen molar-refractivity contribution in [3.8, 4) is 5.75 Å². The molecule has 0 unspecified atom stereocenters. The fraction of sp³-hybridized carbons (Fsp3) is 0.632. The highest BCUT2D eigenvalue weighted by atomic mass is 19.1. The van der Waals surface area contributed by atoms with Crippen LogP contribution in [-0.4, -0.2) is 68.3 Å². The van der Waals surface area contributed by atoms with Gasteiger partial charge in [-0.25, -0.2) is 4.39 Å². The number of likely N-dealkylation sites (tertiary alicyclic amines) is 2. The lowest BCUT2D eigenvalue weighted by molar-refractivity contribution is -0.137. The lowest BCUT2D eigenvalue weighted by Gasteiger charge is -2.33. The SMILES string of the molecule is COCCN1CC[C@@H](C(=O)N2CCC(Oc3ccccc3F)CC2)C1. The summed E-state index contributed by atoms with van der Waals surface area (Å²) in [6.07, 6.45) is 2.40. The Hall–Kier alpha value is -1.66. The normalized spacial score (nSPS) is 22.3. The van der Waals surface area contributed by atoms with Gasteiger partial charge in [0.15, 0.2) is 11.6 Å². The summed E-state index contributed by atoms with van der Waals surface area (Å²) in [6, 6.07) is 6.48. The van der Waals surface area contributed by atoms with E-state index in [2.05, 4.69) is 4.90 Å². The van der Waals surface area contributed by atoms with Crippen molar-refractivity contribution in [1.82, 2.24) is 9.80 Å². The predicted octanol–water partition coefficient (Wildman–Crippen LogP) is 2.16. The molecular weight excluding hydrogens is 323 g/mol. The standard InChI is InChI=1S/C19H27FN2O3/c1-24-13-12-21-9-6-15(14-21)19(23)22-10-7-16(8-11-22)25-18-5-3-2-4-17(18)20/h2-5,15-16H,6-14H2,1H3/t15-/m1/s1. The highest BCUT2D eigenvalue weighted by molar-refractivity contribution is 5.79. The van der Waals surface area contributed by atoms with E-state index in [1.165, 1.54) is 6.07 Å². The topological polar surface area (TPSA) is 42.0 Å². The van der Waals surface area contributed by atoms with Crippen LogP contribution in [-0.2, 0) is 9.53 Å². The van der Waals surface area contributed by atoms with Crippen LogP contribution in [0, 0.1) is 11.7 Å². The van der Waals surface area contributed by atoms with Crippen molar-refractivity contribution in [2.75, 3.05) is 46.4 Å². The number of halogens is 1. The quantitative estimate of drug-likeness (QED) is 0.789. The van der Waals surface area contributed by atoms with Gasteiger partial charge >= 0.3 is 0 Å². The van der Waals surface area contributed by atoms with E-state index in [0.29, 0.717) is 25.4 Å². The van der Waals surface area contributed by atoms with Gasteiger partial charge in [-0.05, 0) is 25.1 Å². The van der Waals surface area contributed by atoms with Crippen LogP contribution in [0.1, 0.15) is 19.3 Å². The van der Waals surface area contributed by atoms with Crippen molar-refractivity contribution in [1.29, 1.82) is 0 Å². The Bertz CT molecular complexity index is 576. The average Bonchev–Trinajstić information content (AvgIpc) is 3.11. The minimum atomic E-state index is -0.330. The van der Waals surface area contributed by atoms with Crippen LogP contribution < -0.4 is 4.74 Å². The smallest absolute Gasteiger partial charge is 0.227 e. The fourth-order valence-corrected chi connectivity index (χ4v) is 3.63. The predicted molar refractivity (Wildman–Crippen MR) is 93.1 cm³/mol. The Morgan fingerprint density at radius 3 is 2.68 bits per heavy atom. The Balaban J connectivity index is 1.44. The maximum atomic E-state index is 13.7. The van der Waals surface area contributed by atoms with Crippen LogP contribution in [0.5, 0.6) is 5.75 Å². The Labute approximate surface area is 148 Å². The molecule has 2 aliphatic rings. The molecule has 0 radical (unpaired) electrons. The summed E-state index contributed by atoms with van der Waals surface area (Å²) >= 11 is 0. The van der Waals surface area contributed by atoms with Gasteiger partial charge in [-0.1, -0.05) is 12.1 Å². The number of nitrogens with zero attached hydrogens (tertiary/aromatic N) is 2.